The molecule has 0 amide bonds. The molecule has 7 heteroatoms. The summed E-state index contributed by atoms with van der Waals surface area (Å²) in [6.07, 6.45) is 0.639. The molecule has 18 heavy (non-hydrogen) atoms. The molecule has 1 fully saturated rings. The van der Waals surface area contributed by atoms with Crippen LogP contribution in [0.1, 0.15) is 6.42 Å². The lowest BCUT2D eigenvalue weighted by Gasteiger charge is -2.20. The molecule has 0 unspecified atom stereocenters. The molecule has 1 heterocycles. The first-order valence-corrected chi connectivity index (χ1v) is 7.09. The number of nitrogen functional groups attached to an aromatic ring is 1. The monoisotopic (exact) mass is 274 g/mol. The van der Waals surface area contributed by atoms with Gasteiger partial charge in [-0.3, -0.25) is 0 Å². The highest BCUT2D eigenvalue weighted by Gasteiger charge is 2.27. The molecule has 0 radical (unpaired) electrons. The van der Waals surface area contributed by atoms with Crippen molar-refractivity contribution >= 4 is 15.7 Å². The maximum atomic E-state index is 12.9. The van der Waals surface area contributed by atoms with E-state index in [-0.39, 0.29) is 10.6 Å². The summed E-state index contributed by atoms with van der Waals surface area (Å²) in [6.45, 7) is 1.59. The quantitative estimate of drug-likeness (QED) is 0.810. The minimum Gasteiger partial charge on any atom is -0.398 e. The smallest absolute Gasteiger partial charge is 0.245 e. The van der Waals surface area contributed by atoms with E-state index in [1.165, 1.54) is 10.4 Å². The Labute approximate surface area is 105 Å². The lowest BCUT2D eigenvalue weighted by molar-refractivity contribution is 0.148. The lowest BCUT2D eigenvalue weighted by atomic mass is 10.3. The van der Waals surface area contributed by atoms with Gasteiger partial charge in [-0.1, -0.05) is 0 Å². The Bertz CT molecular complexity index is 525. The van der Waals surface area contributed by atoms with E-state index in [2.05, 4.69) is 0 Å². The van der Waals surface area contributed by atoms with Crippen molar-refractivity contribution < 1.29 is 17.5 Å². The number of halogens is 1. The van der Waals surface area contributed by atoms with Crippen LogP contribution in [0.4, 0.5) is 10.1 Å². The Morgan fingerprint density at radius 3 is 2.78 bits per heavy atom. The van der Waals surface area contributed by atoms with Crippen LogP contribution in [0.5, 0.6) is 0 Å². The van der Waals surface area contributed by atoms with Gasteiger partial charge in [-0.25, -0.2) is 12.8 Å². The highest BCUT2D eigenvalue weighted by Crippen LogP contribution is 2.23. The van der Waals surface area contributed by atoms with Gasteiger partial charge in [0.05, 0.1) is 12.3 Å². The molecule has 2 rings (SSSR count). The molecule has 1 aliphatic rings. The predicted octanol–water partition coefficient (Wildman–Crippen LogP) is 0.819. The van der Waals surface area contributed by atoms with Gasteiger partial charge in [0.2, 0.25) is 10.0 Å². The summed E-state index contributed by atoms with van der Waals surface area (Å²) in [7, 11) is -3.67. The summed E-state index contributed by atoms with van der Waals surface area (Å²) in [5.41, 5.74) is 5.51. The van der Waals surface area contributed by atoms with E-state index < -0.39 is 15.8 Å². The fourth-order valence-corrected chi connectivity index (χ4v) is 3.42. The summed E-state index contributed by atoms with van der Waals surface area (Å²) in [4.78, 5) is -0.0502. The van der Waals surface area contributed by atoms with Crippen molar-refractivity contribution in [1.29, 1.82) is 0 Å². The average molecular weight is 274 g/mol. The first kappa shape index (κ1) is 13.3. The second kappa shape index (κ2) is 5.21. The van der Waals surface area contributed by atoms with Gasteiger partial charge in [-0.15, -0.1) is 0 Å². The summed E-state index contributed by atoms with van der Waals surface area (Å²) >= 11 is 0. The minimum absolute atomic E-state index is 0.0502. The van der Waals surface area contributed by atoms with Crippen LogP contribution in [-0.2, 0) is 14.8 Å². The molecule has 0 bridgehead atoms. The first-order chi connectivity index (χ1) is 8.51. The van der Waals surface area contributed by atoms with E-state index in [4.69, 9.17) is 10.5 Å². The van der Waals surface area contributed by atoms with Crippen LogP contribution in [0, 0.1) is 5.82 Å². The number of rotatable bonds is 2. The Hall–Kier alpha value is -1.18. The number of nitrogens with two attached hydrogens (primary N) is 1. The molecular weight excluding hydrogens is 259 g/mol. The van der Waals surface area contributed by atoms with Crippen LogP contribution in [0.3, 0.4) is 0 Å². The van der Waals surface area contributed by atoms with Gasteiger partial charge in [-0.2, -0.15) is 4.31 Å². The van der Waals surface area contributed by atoms with Crippen molar-refractivity contribution in [3.8, 4) is 0 Å². The fraction of sp³-hybridized carbons (Fsp3) is 0.455. The Balaban J connectivity index is 2.34. The lowest BCUT2D eigenvalue weighted by Crippen LogP contribution is -2.33. The van der Waals surface area contributed by atoms with E-state index in [9.17, 15) is 12.8 Å². The second-order valence-corrected chi connectivity index (χ2v) is 5.96. The summed E-state index contributed by atoms with van der Waals surface area (Å²) < 4.78 is 44.1. The highest BCUT2D eigenvalue weighted by atomic mass is 32.2. The molecule has 0 aliphatic carbocycles. The van der Waals surface area contributed by atoms with Crippen molar-refractivity contribution in [3.05, 3.63) is 24.0 Å². The third-order valence-electron chi connectivity index (χ3n) is 2.77. The molecule has 1 aliphatic heterocycles. The van der Waals surface area contributed by atoms with Crippen LogP contribution in [0.25, 0.3) is 0 Å². The molecule has 2 N–H and O–H groups in total. The number of sulfonamides is 1. The molecule has 0 aromatic heterocycles. The number of anilines is 1. The SMILES string of the molecule is Nc1cc(F)ccc1S(=O)(=O)N1CCCOCC1. The largest absolute Gasteiger partial charge is 0.398 e. The number of ether oxygens (including phenoxy) is 1. The van der Waals surface area contributed by atoms with Crippen molar-refractivity contribution in [2.75, 3.05) is 32.0 Å². The van der Waals surface area contributed by atoms with Crippen LogP contribution < -0.4 is 5.73 Å². The van der Waals surface area contributed by atoms with Crippen LogP contribution in [0.2, 0.25) is 0 Å². The van der Waals surface area contributed by atoms with E-state index in [1.54, 1.807) is 0 Å². The van der Waals surface area contributed by atoms with Gasteiger partial charge in [-0.05, 0) is 24.6 Å². The van der Waals surface area contributed by atoms with Gasteiger partial charge < -0.3 is 10.5 Å². The topological polar surface area (TPSA) is 72.6 Å². The van der Waals surface area contributed by atoms with E-state index in [0.29, 0.717) is 32.7 Å². The van der Waals surface area contributed by atoms with E-state index >= 15 is 0 Å². The first-order valence-electron chi connectivity index (χ1n) is 5.65. The maximum absolute atomic E-state index is 12.9. The van der Waals surface area contributed by atoms with Gasteiger partial charge in [0, 0.05) is 19.7 Å². The van der Waals surface area contributed by atoms with Gasteiger partial charge in [0.25, 0.3) is 0 Å². The van der Waals surface area contributed by atoms with Gasteiger partial charge in [0.1, 0.15) is 10.7 Å². The normalized spacial score (nSPS) is 18.5. The molecule has 100 valence electrons. The average Bonchev–Trinajstić information content (AvgIpc) is 2.57. The van der Waals surface area contributed by atoms with Crippen molar-refractivity contribution in [2.24, 2.45) is 0 Å². The molecular formula is C11H15FN2O3S. The van der Waals surface area contributed by atoms with Crippen molar-refractivity contribution in [3.63, 3.8) is 0 Å². The number of benzene rings is 1. The predicted molar refractivity (Wildman–Crippen MR) is 65.0 cm³/mol. The Morgan fingerprint density at radius 1 is 1.28 bits per heavy atom. The summed E-state index contributed by atoms with van der Waals surface area (Å²) in [5, 5.41) is 0. The molecule has 5 nitrogen and oxygen atoms in total. The summed E-state index contributed by atoms with van der Waals surface area (Å²) in [5.74, 6) is -0.550. The highest BCUT2D eigenvalue weighted by molar-refractivity contribution is 7.89. The zero-order chi connectivity index (χ0) is 13.2. The fourth-order valence-electron chi connectivity index (χ4n) is 1.86. The molecule has 0 atom stereocenters. The number of hydrogen-bond donors (Lipinski definition) is 1. The standard InChI is InChI=1S/C11H15FN2O3S/c12-9-2-3-11(10(13)8-9)18(15,16)14-4-1-6-17-7-5-14/h2-3,8H,1,4-7,13H2. The van der Waals surface area contributed by atoms with Crippen LogP contribution in [-0.4, -0.2) is 39.0 Å². The minimum atomic E-state index is -3.67. The third kappa shape index (κ3) is 2.63. The summed E-state index contributed by atoms with van der Waals surface area (Å²) in [6, 6.07) is 3.31. The molecule has 0 spiro atoms. The zero-order valence-corrected chi connectivity index (χ0v) is 10.6. The van der Waals surface area contributed by atoms with E-state index in [1.807, 2.05) is 0 Å². The Morgan fingerprint density at radius 2 is 2.06 bits per heavy atom. The Kier molecular flexibility index (Phi) is 3.84. The molecule has 1 aromatic carbocycles. The molecule has 1 aromatic rings. The second-order valence-electron chi connectivity index (χ2n) is 4.05. The van der Waals surface area contributed by atoms with Gasteiger partial charge >= 0.3 is 0 Å². The van der Waals surface area contributed by atoms with Gasteiger partial charge in [0.15, 0.2) is 0 Å². The third-order valence-corrected chi connectivity index (χ3v) is 4.74. The number of hydrogen-bond acceptors (Lipinski definition) is 4. The van der Waals surface area contributed by atoms with Crippen LogP contribution in [0.15, 0.2) is 23.1 Å². The van der Waals surface area contributed by atoms with Crippen molar-refractivity contribution in [1.82, 2.24) is 4.31 Å². The zero-order valence-electron chi connectivity index (χ0n) is 9.80. The van der Waals surface area contributed by atoms with Crippen LogP contribution >= 0.6 is 0 Å². The molecule has 0 saturated carbocycles. The molecule has 1 saturated heterocycles. The number of nitrogens with zero attached hydrogens (tertiary/aromatic N) is 1. The van der Waals surface area contributed by atoms with Crippen molar-refractivity contribution in [2.45, 2.75) is 11.3 Å². The maximum Gasteiger partial charge on any atom is 0.245 e. The van der Waals surface area contributed by atoms with E-state index in [0.717, 1.165) is 12.1 Å².